The standard InChI is InChI=1S/C42H68N6O6/c1-9-14-29(32(49)37(53)43-28-17-18-28)44-35(51)30-21-42(40(7,8)41(42)19-13-20-41)24-48(30)38(54)33(39(4,5)6)46-36(52)31(26-15-11-10-12-16-26)45-34(50)27-22-47(23-27)25(2)3/h25-31,33H,9-24H2,1-8H3,(H,43,53)(H,44,51)(H,45,50)(H,46,52)/t29-,30-,31-,33+,42+/m0/s1. The third-order valence-electron chi connectivity index (χ3n) is 14.9. The summed E-state index contributed by atoms with van der Waals surface area (Å²) in [7, 11) is 0. The molecule has 5 atom stereocenters. The van der Waals surface area contributed by atoms with Crippen molar-refractivity contribution >= 4 is 35.3 Å². The SMILES string of the molecule is CCC[C@H](NC(=O)[C@@H]1C[C@@]2(CN1C(=O)[C@@H](NC(=O)[C@@H](NC(=O)C1CN(C(C)C)C1)C1CCCCC1)C(C)(C)C)C(C)(C)C21CCC1)C(=O)C(=O)NC1CC1. The summed E-state index contributed by atoms with van der Waals surface area (Å²) >= 11 is 0. The minimum atomic E-state index is -0.985. The molecule has 0 aromatic rings. The molecule has 302 valence electrons. The van der Waals surface area contributed by atoms with Crippen molar-refractivity contribution in [3.05, 3.63) is 0 Å². The second-order valence-corrected chi connectivity index (χ2v) is 19.7. The maximum absolute atomic E-state index is 15.1. The average molecular weight is 753 g/mol. The number of amides is 5. The minimum absolute atomic E-state index is 0.0158. The van der Waals surface area contributed by atoms with E-state index in [1.807, 2.05) is 27.7 Å². The predicted molar refractivity (Wildman–Crippen MR) is 206 cm³/mol. The van der Waals surface area contributed by atoms with Gasteiger partial charge in [-0.25, -0.2) is 0 Å². The Hall–Kier alpha value is -3.02. The summed E-state index contributed by atoms with van der Waals surface area (Å²) in [6.45, 7) is 18.1. The number of carbonyl (C=O) groups is 6. The van der Waals surface area contributed by atoms with Crippen LogP contribution in [0.15, 0.2) is 0 Å². The van der Waals surface area contributed by atoms with Crippen molar-refractivity contribution in [2.24, 2.45) is 33.5 Å². The molecule has 6 aliphatic rings. The number of fused-ring (bicyclic) bond motifs is 1. The smallest absolute Gasteiger partial charge is 0.289 e. The molecule has 6 fully saturated rings. The van der Waals surface area contributed by atoms with E-state index in [1.54, 1.807) is 4.90 Å². The van der Waals surface area contributed by atoms with Gasteiger partial charge in [0.2, 0.25) is 29.4 Å². The number of carbonyl (C=O) groups excluding carboxylic acids is 6. The van der Waals surface area contributed by atoms with Crippen LogP contribution in [-0.4, -0.2) is 101 Å². The lowest BCUT2D eigenvalue weighted by Crippen LogP contribution is -2.63. The molecule has 12 heteroatoms. The number of ketones is 1. The summed E-state index contributed by atoms with van der Waals surface area (Å²) in [5.74, 6) is -2.73. The third-order valence-corrected chi connectivity index (χ3v) is 14.9. The summed E-state index contributed by atoms with van der Waals surface area (Å²) in [6.07, 6.45) is 11.0. The van der Waals surface area contributed by atoms with Crippen LogP contribution in [0.4, 0.5) is 0 Å². The Balaban J connectivity index is 1.24. The largest absolute Gasteiger partial charge is 0.347 e. The van der Waals surface area contributed by atoms with E-state index < -0.39 is 47.2 Å². The highest BCUT2D eigenvalue weighted by atomic mass is 16.2. The van der Waals surface area contributed by atoms with Crippen molar-refractivity contribution in [3.8, 4) is 0 Å². The Morgan fingerprint density at radius 3 is 1.98 bits per heavy atom. The molecule has 0 bridgehead atoms. The summed E-state index contributed by atoms with van der Waals surface area (Å²) in [5, 5.41) is 12.0. The van der Waals surface area contributed by atoms with Gasteiger partial charge in [0, 0.05) is 37.1 Å². The zero-order valence-electron chi connectivity index (χ0n) is 34.3. The molecule has 4 N–H and O–H groups in total. The highest BCUT2D eigenvalue weighted by Crippen LogP contribution is 2.88. The van der Waals surface area contributed by atoms with Gasteiger partial charge in [-0.2, -0.15) is 0 Å². The van der Waals surface area contributed by atoms with E-state index in [0.717, 1.165) is 64.2 Å². The van der Waals surface area contributed by atoms with Gasteiger partial charge >= 0.3 is 0 Å². The first-order valence-electron chi connectivity index (χ1n) is 21.2. The van der Waals surface area contributed by atoms with E-state index in [0.29, 0.717) is 44.9 Å². The van der Waals surface area contributed by atoms with Crippen LogP contribution in [0.2, 0.25) is 0 Å². The van der Waals surface area contributed by atoms with Crippen LogP contribution in [0.1, 0.15) is 139 Å². The van der Waals surface area contributed by atoms with Gasteiger partial charge in [-0.1, -0.05) is 73.6 Å². The highest BCUT2D eigenvalue weighted by Gasteiger charge is 2.85. The fourth-order valence-corrected chi connectivity index (χ4v) is 10.8. The zero-order chi connectivity index (χ0) is 39.4. The number of hydrogen-bond acceptors (Lipinski definition) is 7. The molecule has 2 saturated heterocycles. The fraction of sp³-hybridized carbons (Fsp3) is 0.857. The summed E-state index contributed by atoms with van der Waals surface area (Å²) in [5.41, 5.74) is -1.02. The molecule has 12 nitrogen and oxygen atoms in total. The van der Waals surface area contributed by atoms with Crippen LogP contribution in [0.5, 0.6) is 0 Å². The summed E-state index contributed by atoms with van der Waals surface area (Å²) in [6, 6.07) is -3.19. The monoisotopic (exact) mass is 753 g/mol. The van der Waals surface area contributed by atoms with Crippen LogP contribution in [0.25, 0.3) is 0 Å². The van der Waals surface area contributed by atoms with E-state index in [4.69, 9.17) is 0 Å². The zero-order valence-corrected chi connectivity index (χ0v) is 34.3. The lowest BCUT2D eigenvalue weighted by molar-refractivity contribution is -0.146. The number of hydrogen-bond donors (Lipinski definition) is 4. The van der Waals surface area contributed by atoms with E-state index in [-0.39, 0.29) is 51.8 Å². The lowest BCUT2D eigenvalue weighted by atomic mass is 9.73. The molecule has 2 spiro atoms. The fourth-order valence-electron chi connectivity index (χ4n) is 10.8. The molecule has 2 aliphatic heterocycles. The van der Waals surface area contributed by atoms with Crippen LogP contribution < -0.4 is 21.3 Å². The Morgan fingerprint density at radius 1 is 0.815 bits per heavy atom. The number of rotatable bonds is 14. The maximum Gasteiger partial charge on any atom is 0.289 e. The van der Waals surface area contributed by atoms with Crippen molar-refractivity contribution in [3.63, 3.8) is 0 Å². The van der Waals surface area contributed by atoms with Gasteiger partial charge in [-0.15, -0.1) is 0 Å². The first-order valence-corrected chi connectivity index (χ1v) is 21.2. The Labute approximate surface area is 322 Å². The van der Waals surface area contributed by atoms with Crippen molar-refractivity contribution < 1.29 is 28.8 Å². The molecule has 0 unspecified atom stereocenters. The molecule has 0 aromatic heterocycles. The summed E-state index contributed by atoms with van der Waals surface area (Å²) in [4.78, 5) is 87.5. The van der Waals surface area contributed by atoms with Crippen molar-refractivity contribution in [2.45, 2.75) is 175 Å². The van der Waals surface area contributed by atoms with E-state index >= 15 is 4.79 Å². The van der Waals surface area contributed by atoms with Crippen molar-refractivity contribution in [1.29, 1.82) is 0 Å². The second kappa shape index (κ2) is 15.1. The van der Waals surface area contributed by atoms with E-state index in [9.17, 15) is 24.0 Å². The van der Waals surface area contributed by atoms with Gasteiger partial charge in [0.15, 0.2) is 0 Å². The van der Waals surface area contributed by atoms with Crippen molar-refractivity contribution in [1.82, 2.24) is 31.1 Å². The predicted octanol–water partition coefficient (Wildman–Crippen LogP) is 3.85. The number of nitrogens with one attached hydrogen (secondary N) is 4. The molecule has 4 aliphatic carbocycles. The molecule has 4 saturated carbocycles. The molecule has 54 heavy (non-hydrogen) atoms. The number of Topliss-reactive ketones (excluding diaryl/α,β-unsaturated/α-hetero) is 1. The van der Waals surface area contributed by atoms with Crippen LogP contribution in [-0.2, 0) is 28.8 Å². The Bertz CT molecular complexity index is 1480. The minimum Gasteiger partial charge on any atom is -0.347 e. The van der Waals surface area contributed by atoms with Crippen LogP contribution in [0.3, 0.4) is 0 Å². The molecule has 2 heterocycles. The number of nitrogens with zero attached hydrogens (tertiary/aromatic N) is 2. The van der Waals surface area contributed by atoms with Crippen LogP contribution in [0, 0.1) is 33.5 Å². The quantitative estimate of drug-likeness (QED) is 0.197. The van der Waals surface area contributed by atoms with Gasteiger partial charge in [0.25, 0.3) is 5.91 Å². The van der Waals surface area contributed by atoms with Gasteiger partial charge in [-0.05, 0) is 87.4 Å². The van der Waals surface area contributed by atoms with Gasteiger partial charge < -0.3 is 26.2 Å². The topological polar surface area (TPSA) is 157 Å². The highest BCUT2D eigenvalue weighted by molar-refractivity contribution is 6.38. The van der Waals surface area contributed by atoms with Gasteiger partial charge in [-0.3, -0.25) is 33.7 Å². The molecule has 0 radical (unpaired) electrons. The van der Waals surface area contributed by atoms with Crippen LogP contribution >= 0.6 is 0 Å². The average Bonchev–Trinajstić information content (AvgIpc) is 3.89. The first kappa shape index (κ1) is 40.6. The van der Waals surface area contributed by atoms with E-state index in [2.05, 4.69) is 53.9 Å². The third kappa shape index (κ3) is 7.34. The molecular weight excluding hydrogens is 684 g/mol. The lowest BCUT2D eigenvalue weighted by Gasteiger charge is -2.42. The molecule has 5 amide bonds. The van der Waals surface area contributed by atoms with Gasteiger partial charge in [0.1, 0.15) is 18.1 Å². The van der Waals surface area contributed by atoms with Gasteiger partial charge in [0.05, 0.1) is 12.0 Å². The second-order valence-electron chi connectivity index (χ2n) is 19.7. The van der Waals surface area contributed by atoms with Crippen molar-refractivity contribution in [2.75, 3.05) is 19.6 Å². The molecule has 6 rings (SSSR count). The maximum atomic E-state index is 15.1. The Kier molecular flexibility index (Phi) is 11.4. The summed E-state index contributed by atoms with van der Waals surface area (Å²) < 4.78 is 0. The number of likely N-dealkylation sites (tertiary alicyclic amines) is 2. The molecular formula is C42H68N6O6. The van der Waals surface area contributed by atoms with E-state index in [1.165, 1.54) is 0 Å². The molecule has 0 aromatic carbocycles. The normalized spacial score (nSPS) is 28.1. The Morgan fingerprint density at radius 2 is 1.46 bits per heavy atom. The first-order chi connectivity index (χ1) is 25.4.